The molecule has 6 heteroatoms. The lowest BCUT2D eigenvalue weighted by Crippen LogP contribution is -3.14. The summed E-state index contributed by atoms with van der Waals surface area (Å²) < 4.78 is 6.15. The topological polar surface area (TPSA) is 71.3 Å². The fourth-order valence-corrected chi connectivity index (χ4v) is 7.00. The molecule has 0 bridgehead atoms. The van der Waals surface area contributed by atoms with Gasteiger partial charge in [-0.2, -0.15) is 0 Å². The maximum Gasteiger partial charge on any atom is 0.261 e. The lowest BCUT2D eigenvalue weighted by atomic mass is 9.71. The molecule has 5 rings (SSSR count). The van der Waals surface area contributed by atoms with Crippen molar-refractivity contribution in [1.82, 2.24) is 4.90 Å². The van der Waals surface area contributed by atoms with Crippen molar-refractivity contribution >= 4 is 22.6 Å². The van der Waals surface area contributed by atoms with Crippen LogP contribution in [0.5, 0.6) is 0 Å². The highest BCUT2D eigenvalue weighted by atomic mass is 16.5. The molecule has 36 heavy (non-hydrogen) atoms. The number of quaternary nitrogens is 1. The highest BCUT2D eigenvalue weighted by Gasteiger charge is 2.36. The minimum absolute atomic E-state index is 0.174. The van der Waals surface area contributed by atoms with Gasteiger partial charge in [0.1, 0.15) is 12.6 Å². The number of carbonyl (C=O) groups is 2. The summed E-state index contributed by atoms with van der Waals surface area (Å²) in [6.45, 7) is 10.4. The van der Waals surface area contributed by atoms with E-state index in [1.54, 1.807) is 0 Å². The molecule has 2 aromatic rings. The molecule has 194 valence electrons. The Morgan fingerprint density at radius 1 is 1.06 bits per heavy atom. The predicted octanol–water partition coefficient (Wildman–Crippen LogP) is 3.32. The monoisotopic (exact) mass is 493 g/mol. The predicted molar refractivity (Wildman–Crippen MR) is 140 cm³/mol. The average Bonchev–Trinajstić information content (AvgIpc) is 2.83. The van der Waals surface area contributed by atoms with Crippen LogP contribution in [0, 0.1) is 17.3 Å². The van der Waals surface area contributed by atoms with Crippen LogP contribution < -0.4 is 4.90 Å². The molecule has 3 aliphatic rings. The van der Waals surface area contributed by atoms with Gasteiger partial charge in [-0.25, -0.2) is 0 Å². The fraction of sp³-hybridized carbons (Fsp3) is 0.600. The first-order valence-electron chi connectivity index (χ1n) is 13.7. The molecule has 2 fully saturated rings. The van der Waals surface area contributed by atoms with Crippen molar-refractivity contribution in [2.75, 3.05) is 32.8 Å². The van der Waals surface area contributed by atoms with Gasteiger partial charge in [-0.1, -0.05) is 45.0 Å². The van der Waals surface area contributed by atoms with Crippen LogP contribution in [-0.2, 0) is 4.74 Å². The molecule has 3 atom stereocenters. The van der Waals surface area contributed by atoms with Gasteiger partial charge in [0, 0.05) is 35.9 Å². The first-order valence-corrected chi connectivity index (χ1v) is 13.7. The highest BCUT2D eigenvalue weighted by molar-refractivity contribution is 6.25. The second kappa shape index (κ2) is 10.2. The summed E-state index contributed by atoms with van der Waals surface area (Å²) in [5, 5.41) is 12.4. The zero-order valence-corrected chi connectivity index (χ0v) is 22.0. The van der Waals surface area contributed by atoms with E-state index in [1.807, 2.05) is 36.4 Å². The van der Waals surface area contributed by atoms with Gasteiger partial charge in [0.2, 0.25) is 0 Å². The molecular formula is C30H41N2O4+. The summed E-state index contributed by atoms with van der Waals surface area (Å²) in [7, 11) is 0. The van der Waals surface area contributed by atoms with Gasteiger partial charge in [-0.3, -0.25) is 14.5 Å². The van der Waals surface area contributed by atoms with E-state index in [4.69, 9.17) is 4.74 Å². The largest absolute Gasteiger partial charge is 0.385 e. The van der Waals surface area contributed by atoms with Crippen molar-refractivity contribution in [2.45, 2.75) is 65.1 Å². The highest BCUT2D eigenvalue weighted by Crippen LogP contribution is 2.39. The third-order valence-corrected chi connectivity index (χ3v) is 8.50. The molecule has 6 nitrogen and oxygen atoms in total. The summed E-state index contributed by atoms with van der Waals surface area (Å²) in [4.78, 5) is 29.3. The van der Waals surface area contributed by atoms with Crippen LogP contribution in [0.2, 0.25) is 0 Å². The number of aliphatic hydroxyl groups excluding tert-OH is 1. The number of aliphatic hydroxyl groups is 1. The number of benzene rings is 2. The van der Waals surface area contributed by atoms with E-state index in [9.17, 15) is 14.7 Å². The third kappa shape index (κ3) is 5.36. The third-order valence-electron chi connectivity index (χ3n) is 8.50. The Kier molecular flexibility index (Phi) is 7.21. The lowest BCUT2D eigenvalue weighted by molar-refractivity contribution is -0.909. The fourth-order valence-electron chi connectivity index (χ4n) is 7.00. The second-order valence-electron chi connectivity index (χ2n) is 12.4. The first-order chi connectivity index (χ1) is 17.2. The molecule has 0 aromatic heterocycles. The lowest BCUT2D eigenvalue weighted by Gasteiger charge is -2.39. The summed E-state index contributed by atoms with van der Waals surface area (Å²) in [5.74, 6) is 0.616. The minimum atomic E-state index is -0.459. The van der Waals surface area contributed by atoms with Crippen molar-refractivity contribution in [1.29, 1.82) is 0 Å². The average molecular weight is 494 g/mol. The van der Waals surface area contributed by atoms with Crippen molar-refractivity contribution < 1.29 is 24.3 Å². The zero-order chi connectivity index (χ0) is 25.4. The van der Waals surface area contributed by atoms with Crippen molar-refractivity contribution in [3.05, 3.63) is 47.5 Å². The molecule has 1 saturated carbocycles. The van der Waals surface area contributed by atoms with E-state index in [-0.39, 0.29) is 17.9 Å². The van der Waals surface area contributed by atoms with E-state index in [2.05, 4.69) is 20.8 Å². The smallest absolute Gasteiger partial charge is 0.261 e. The molecule has 0 radical (unpaired) electrons. The van der Waals surface area contributed by atoms with Crippen molar-refractivity contribution in [3.8, 4) is 0 Å². The van der Waals surface area contributed by atoms with E-state index in [0.29, 0.717) is 48.1 Å². The van der Waals surface area contributed by atoms with Gasteiger partial charge in [0.15, 0.2) is 0 Å². The number of amides is 2. The van der Waals surface area contributed by atoms with Gasteiger partial charge in [0.25, 0.3) is 11.8 Å². The number of nitrogens with one attached hydrogen (secondary N) is 1. The zero-order valence-electron chi connectivity index (χ0n) is 22.0. The van der Waals surface area contributed by atoms with E-state index in [0.717, 1.165) is 49.5 Å². The molecule has 2 amide bonds. The molecular weight excluding hydrogens is 452 g/mol. The number of hydrogen-bond donors (Lipinski definition) is 2. The maximum atomic E-state index is 13.2. The Hall–Kier alpha value is -2.28. The van der Waals surface area contributed by atoms with Crippen LogP contribution in [0.4, 0.5) is 0 Å². The number of likely N-dealkylation sites (tertiary alicyclic amines) is 1. The van der Waals surface area contributed by atoms with Crippen LogP contribution in [0.15, 0.2) is 36.4 Å². The summed E-state index contributed by atoms with van der Waals surface area (Å²) in [6, 6.07) is 11.3. The molecule has 2 aliphatic heterocycles. The summed E-state index contributed by atoms with van der Waals surface area (Å²) in [5.41, 5.74) is 1.57. The van der Waals surface area contributed by atoms with Gasteiger partial charge in [-0.15, -0.1) is 0 Å². The maximum absolute atomic E-state index is 13.2. The van der Waals surface area contributed by atoms with Gasteiger partial charge >= 0.3 is 0 Å². The Morgan fingerprint density at radius 2 is 1.69 bits per heavy atom. The molecule has 2 aromatic carbocycles. The van der Waals surface area contributed by atoms with Crippen LogP contribution in [-0.4, -0.2) is 66.8 Å². The Bertz CT molecular complexity index is 1070. The second-order valence-corrected chi connectivity index (χ2v) is 12.4. The van der Waals surface area contributed by atoms with Crippen molar-refractivity contribution in [3.63, 3.8) is 0 Å². The van der Waals surface area contributed by atoms with Crippen LogP contribution in [0.3, 0.4) is 0 Å². The normalized spacial score (nSPS) is 28.9. The first kappa shape index (κ1) is 25.4. The van der Waals surface area contributed by atoms with E-state index in [1.165, 1.54) is 16.2 Å². The quantitative estimate of drug-likeness (QED) is 0.581. The number of imide groups is 1. The Morgan fingerprint density at radius 3 is 2.31 bits per heavy atom. The van der Waals surface area contributed by atoms with Crippen LogP contribution in [0.25, 0.3) is 10.8 Å². The molecule has 1 aliphatic carbocycles. The summed E-state index contributed by atoms with van der Waals surface area (Å²) in [6.07, 6.45) is 5.07. The van der Waals surface area contributed by atoms with Crippen LogP contribution >= 0.6 is 0 Å². The van der Waals surface area contributed by atoms with Gasteiger partial charge in [0.05, 0.1) is 25.8 Å². The molecule has 1 saturated heterocycles. The number of piperidine rings is 1. The Balaban J connectivity index is 1.11. The molecule has 0 unspecified atom stereocenters. The van der Waals surface area contributed by atoms with Gasteiger partial charge in [-0.05, 0) is 54.0 Å². The van der Waals surface area contributed by atoms with E-state index < -0.39 is 6.10 Å². The number of rotatable bonds is 7. The number of nitrogens with zero attached hydrogens (tertiary/aromatic N) is 1. The van der Waals surface area contributed by atoms with E-state index >= 15 is 0 Å². The number of ether oxygens (including phenoxy) is 1. The summed E-state index contributed by atoms with van der Waals surface area (Å²) >= 11 is 0. The molecule has 2 N–H and O–H groups in total. The number of hydrogen-bond acceptors (Lipinski definition) is 4. The minimum Gasteiger partial charge on any atom is -0.385 e. The molecule has 0 spiro atoms. The van der Waals surface area contributed by atoms with Gasteiger partial charge < -0.3 is 14.7 Å². The number of carbonyl (C=O) groups excluding carboxylic acids is 2. The molecule has 2 heterocycles. The van der Waals surface area contributed by atoms with Crippen molar-refractivity contribution in [2.24, 2.45) is 17.3 Å². The SMILES string of the molecule is C[C@@H]1C[C@H](OC[C@H](O)C[NH+]2CCC(CN3C(=O)c4cccc5cccc(c45)C3=O)CC2)CC(C)(C)C1. The van der Waals surface area contributed by atoms with Crippen LogP contribution in [0.1, 0.15) is 73.6 Å². The Labute approximate surface area is 214 Å². The standard InChI is InChI=1S/C30H40N2O4/c1-20-14-24(16-30(2,3)15-20)36-19-23(33)18-31-12-10-21(11-13-31)17-32-28(34)25-8-4-6-22-7-5-9-26(27(22)25)29(32)35/h4-9,20-21,23-24,33H,10-19H2,1-3H3/p+1/t20-,23-,24+/m1/s1.